The number of fused-ring (bicyclic) bond motifs is 5. The Labute approximate surface area is 146 Å². The molecule has 2 N–H and O–H groups in total. The van der Waals surface area contributed by atoms with E-state index in [1.54, 1.807) is 6.92 Å². The van der Waals surface area contributed by atoms with Crippen molar-refractivity contribution in [1.82, 2.24) is 0 Å². The fraction of sp³-hybridized carbons (Fsp3) is 0.952. The summed E-state index contributed by atoms with van der Waals surface area (Å²) >= 11 is 0. The number of Topliss-reactive ketones (excluding diaryl/α,β-unsaturated/α-hetero) is 1. The maximum absolute atomic E-state index is 12.2. The molecule has 0 saturated heterocycles. The molecular weight excluding hydrogens is 300 g/mol. The van der Waals surface area contributed by atoms with E-state index in [1.165, 1.54) is 12.8 Å². The molecule has 0 spiro atoms. The zero-order chi connectivity index (χ0) is 17.3. The Bertz CT molecular complexity index is 531. The molecule has 0 radical (unpaired) electrons. The molecule has 0 bridgehead atoms. The van der Waals surface area contributed by atoms with Crippen LogP contribution in [0.4, 0.5) is 0 Å². The molecule has 0 aromatic heterocycles. The predicted molar refractivity (Wildman–Crippen MR) is 93.3 cm³/mol. The van der Waals surface area contributed by atoms with Gasteiger partial charge in [0.2, 0.25) is 0 Å². The predicted octanol–water partition coefficient (Wildman–Crippen LogP) is 3.57. The lowest BCUT2D eigenvalue weighted by molar-refractivity contribution is -0.178. The number of hydrogen-bond donors (Lipinski definition) is 2. The Morgan fingerprint density at radius 3 is 2.46 bits per heavy atom. The van der Waals surface area contributed by atoms with E-state index in [-0.39, 0.29) is 29.0 Å². The Morgan fingerprint density at radius 1 is 1.00 bits per heavy atom. The zero-order valence-corrected chi connectivity index (χ0v) is 15.5. The summed E-state index contributed by atoms with van der Waals surface area (Å²) < 4.78 is 0. The summed E-state index contributed by atoms with van der Waals surface area (Å²) in [6, 6.07) is 0. The molecule has 4 aliphatic carbocycles. The minimum absolute atomic E-state index is 0.00376. The normalized spacial score (nSPS) is 57.0. The molecule has 9 atom stereocenters. The second-order valence-electron chi connectivity index (χ2n) is 10.0. The highest BCUT2D eigenvalue weighted by atomic mass is 16.3. The Balaban J connectivity index is 1.67. The van der Waals surface area contributed by atoms with Crippen molar-refractivity contribution in [3.8, 4) is 0 Å². The van der Waals surface area contributed by atoms with Gasteiger partial charge in [-0.3, -0.25) is 4.79 Å². The van der Waals surface area contributed by atoms with E-state index in [0.29, 0.717) is 29.5 Å². The molecule has 24 heavy (non-hydrogen) atoms. The van der Waals surface area contributed by atoms with Gasteiger partial charge in [-0.15, -0.1) is 0 Å². The molecule has 0 unspecified atom stereocenters. The topological polar surface area (TPSA) is 57.5 Å². The maximum atomic E-state index is 12.2. The SMILES string of the molecule is CC(=O)[C@@H]1CC[C@@H]2[C@@H]3CC[C@H]4C[C@H](O)CC[C@]4(C)[C@@H]3[C@H](O)C[C@]21C. The highest BCUT2D eigenvalue weighted by Crippen LogP contribution is 2.67. The summed E-state index contributed by atoms with van der Waals surface area (Å²) in [5, 5.41) is 21.3. The minimum Gasteiger partial charge on any atom is -0.393 e. The summed E-state index contributed by atoms with van der Waals surface area (Å²) in [5.74, 6) is 2.58. The van der Waals surface area contributed by atoms with Gasteiger partial charge in [-0.1, -0.05) is 13.8 Å². The van der Waals surface area contributed by atoms with Crippen LogP contribution in [0.5, 0.6) is 0 Å². The molecule has 4 saturated carbocycles. The number of hydrogen-bond acceptors (Lipinski definition) is 3. The van der Waals surface area contributed by atoms with Crippen LogP contribution in [0.15, 0.2) is 0 Å². The summed E-state index contributed by atoms with van der Waals surface area (Å²) in [4.78, 5) is 12.2. The van der Waals surface area contributed by atoms with E-state index in [2.05, 4.69) is 13.8 Å². The first-order valence-corrected chi connectivity index (χ1v) is 10.1. The average Bonchev–Trinajstić information content (AvgIpc) is 2.84. The zero-order valence-electron chi connectivity index (χ0n) is 15.5. The highest BCUT2D eigenvalue weighted by Gasteiger charge is 2.63. The molecule has 3 nitrogen and oxygen atoms in total. The van der Waals surface area contributed by atoms with Gasteiger partial charge >= 0.3 is 0 Å². The summed E-state index contributed by atoms with van der Waals surface area (Å²) in [6.07, 6.45) is 7.80. The lowest BCUT2D eigenvalue weighted by Crippen LogP contribution is -2.59. The summed E-state index contributed by atoms with van der Waals surface area (Å²) in [7, 11) is 0. The summed E-state index contributed by atoms with van der Waals surface area (Å²) in [5.41, 5.74) is 0.182. The third kappa shape index (κ3) is 2.19. The van der Waals surface area contributed by atoms with Gasteiger partial charge in [-0.25, -0.2) is 0 Å². The molecule has 4 aliphatic rings. The van der Waals surface area contributed by atoms with E-state index in [1.807, 2.05) is 0 Å². The van der Waals surface area contributed by atoms with E-state index in [0.717, 1.165) is 38.5 Å². The van der Waals surface area contributed by atoms with Gasteiger partial charge in [0.1, 0.15) is 5.78 Å². The van der Waals surface area contributed by atoms with Crippen LogP contribution in [0.2, 0.25) is 0 Å². The second-order valence-corrected chi connectivity index (χ2v) is 10.0. The number of aliphatic hydroxyl groups excluding tert-OH is 2. The van der Waals surface area contributed by atoms with E-state index in [4.69, 9.17) is 0 Å². The molecule has 3 heteroatoms. The Hall–Kier alpha value is -0.410. The van der Waals surface area contributed by atoms with Crippen LogP contribution < -0.4 is 0 Å². The molecule has 0 aromatic carbocycles. The van der Waals surface area contributed by atoms with Crippen LogP contribution in [-0.2, 0) is 4.79 Å². The lowest BCUT2D eigenvalue weighted by atomic mass is 9.44. The van der Waals surface area contributed by atoms with Gasteiger partial charge in [0, 0.05) is 5.92 Å². The third-order valence-electron chi connectivity index (χ3n) is 9.06. The maximum Gasteiger partial charge on any atom is 0.133 e. The van der Waals surface area contributed by atoms with Gasteiger partial charge in [0.25, 0.3) is 0 Å². The number of carbonyl (C=O) groups is 1. The van der Waals surface area contributed by atoms with Crippen LogP contribution >= 0.6 is 0 Å². The molecule has 4 rings (SSSR count). The molecular formula is C21H34O3. The monoisotopic (exact) mass is 334 g/mol. The largest absolute Gasteiger partial charge is 0.393 e. The standard InChI is InChI=1S/C21H34O3/c1-12(22)16-6-7-17-15-5-4-13-10-14(23)8-9-20(13,2)19(15)18(24)11-21(16,17)3/h13-19,23-24H,4-11H2,1-3H3/t13-,14+,15-,16-,17+,18+,19-,20-,21-/m0/s1. The highest BCUT2D eigenvalue weighted by molar-refractivity contribution is 5.79. The molecule has 0 aliphatic heterocycles. The fourth-order valence-corrected chi connectivity index (χ4v) is 8.03. The first-order chi connectivity index (χ1) is 11.3. The smallest absolute Gasteiger partial charge is 0.133 e. The second kappa shape index (κ2) is 5.54. The van der Waals surface area contributed by atoms with Gasteiger partial charge in [-0.05, 0) is 92.8 Å². The number of ketones is 1. The fourth-order valence-electron chi connectivity index (χ4n) is 8.03. The van der Waals surface area contributed by atoms with Crippen molar-refractivity contribution in [3.05, 3.63) is 0 Å². The van der Waals surface area contributed by atoms with Crippen molar-refractivity contribution >= 4 is 5.78 Å². The molecule has 0 aromatic rings. The van der Waals surface area contributed by atoms with Crippen LogP contribution in [0.1, 0.15) is 72.1 Å². The Morgan fingerprint density at radius 2 is 1.75 bits per heavy atom. The molecule has 4 fully saturated rings. The number of carbonyl (C=O) groups excluding carboxylic acids is 1. The summed E-state index contributed by atoms with van der Waals surface area (Å²) in [6.45, 7) is 6.43. The van der Waals surface area contributed by atoms with Crippen LogP contribution in [-0.4, -0.2) is 28.2 Å². The lowest BCUT2D eigenvalue weighted by Gasteiger charge is -2.62. The number of aliphatic hydroxyl groups is 2. The van der Waals surface area contributed by atoms with E-state index < -0.39 is 0 Å². The van der Waals surface area contributed by atoms with Gasteiger partial charge in [0.15, 0.2) is 0 Å². The first kappa shape index (κ1) is 17.0. The first-order valence-electron chi connectivity index (χ1n) is 10.1. The minimum atomic E-state index is -0.278. The Kier molecular flexibility index (Phi) is 3.93. The molecule has 136 valence electrons. The van der Waals surface area contributed by atoms with Crippen LogP contribution in [0.25, 0.3) is 0 Å². The van der Waals surface area contributed by atoms with Crippen molar-refractivity contribution in [2.45, 2.75) is 84.3 Å². The van der Waals surface area contributed by atoms with Gasteiger partial charge in [-0.2, -0.15) is 0 Å². The van der Waals surface area contributed by atoms with Crippen molar-refractivity contribution in [2.24, 2.45) is 40.4 Å². The van der Waals surface area contributed by atoms with Crippen LogP contribution in [0, 0.1) is 40.4 Å². The van der Waals surface area contributed by atoms with Crippen LogP contribution in [0.3, 0.4) is 0 Å². The number of rotatable bonds is 1. The van der Waals surface area contributed by atoms with Crippen molar-refractivity contribution < 1.29 is 15.0 Å². The van der Waals surface area contributed by atoms with Crippen molar-refractivity contribution in [2.75, 3.05) is 0 Å². The quantitative estimate of drug-likeness (QED) is 0.771. The van der Waals surface area contributed by atoms with Crippen molar-refractivity contribution in [3.63, 3.8) is 0 Å². The third-order valence-corrected chi connectivity index (χ3v) is 9.06. The van der Waals surface area contributed by atoms with E-state index in [9.17, 15) is 15.0 Å². The van der Waals surface area contributed by atoms with Gasteiger partial charge in [0.05, 0.1) is 12.2 Å². The van der Waals surface area contributed by atoms with Gasteiger partial charge < -0.3 is 10.2 Å². The molecule has 0 amide bonds. The van der Waals surface area contributed by atoms with E-state index >= 15 is 0 Å². The molecule has 0 heterocycles. The average molecular weight is 335 g/mol. The van der Waals surface area contributed by atoms with Crippen molar-refractivity contribution in [1.29, 1.82) is 0 Å².